The number of benzene rings is 2. The van der Waals surface area contributed by atoms with Crippen molar-refractivity contribution in [3.63, 3.8) is 0 Å². The number of hydrogen-bond acceptors (Lipinski definition) is 2. The van der Waals surface area contributed by atoms with Crippen molar-refractivity contribution in [1.82, 2.24) is 4.98 Å². The number of methoxy groups -OCH3 is 1. The monoisotopic (exact) mass is 249 g/mol. The first-order valence-electron chi connectivity index (χ1n) is 6.32. The summed E-state index contributed by atoms with van der Waals surface area (Å²) in [5, 5.41) is 1.12. The summed E-state index contributed by atoms with van der Waals surface area (Å²) in [6.45, 7) is 0. The normalized spacial score (nSPS) is 10.6. The van der Waals surface area contributed by atoms with Gasteiger partial charge >= 0.3 is 0 Å². The zero-order valence-electron chi connectivity index (χ0n) is 10.8. The maximum absolute atomic E-state index is 5.32. The summed E-state index contributed by atoms with van der Waals surface area (Å²) < 4.78 is 5.32. The number of pyridine rings is 1. The Kier molecular flexibility index (Phi) is 3.15. The molecule has 94 valence electrons. The molecule has 0 unspecified atom stereocenters. The molecule has 0 atom stereocenters. The number of hydrogen-bond donors (Lipinski definition) is 0. The minimum atomic E-state index is 0.823. The molecular weight excluding hydrogens is 234 g/mol. The third kappa shape index (κ3) is 2.43. The van der Waals surface area contributed by atoms with Crippen molar-refractivity contribution in [2.75, 3.05) is 7.11 Å². The van der Waals surface area contributed by atoms with Crippen LogP contribution in [0.5, 0.6) is 5.75 Å². The van der Waals surface area contributed by atoms with Gasteiger partial charge in [0.25, 0.3) is 0 Å². The molecular formula is C17H15NO. The van der Waals surface area contributed by atoms with E-state index in [9.17, 15) is 0 Å². The zero-order valence-corrected chi connectivity index (χ0v) is 10.8. The fourth-order valence-electron chi connectivity index (χ4n) is 2.27. The third-order valence-electron chi connectivity index (χ3n) is 3.20. The van der Waals surface area contributed by atoms with Gasteiger partial charge in [-0.2, -0.15) is 0 Å². The van der Waals surface area contributed by atoms with Gasteiger partial charge in [0.2, 0.25) is 0 Å². The molecule has 1 aromatic heterocycles. The van der Waals surface area contributed by atoms with Crippen LogP contribution in [-0.4, -0.2) is 12.1 Å². The van der Waals surface area contributed by atoms with Gasteiger partial charge in [0.05, 0.1) is 7.11 Å². The molecule has 0 radical (unpaired) electrons. The minimum absolute atomic E-state index is 0.823. The highest BCUT2D eigenvalue weighted by Crippen LogP contribution is 2.24. The van der Waals surface area contributed by atoms with E-state index < -0.39 is 0 Å². The Labute approximate surface area is 112 Å². The van der Waals surface area contributed by atoms with Crippen LogP contribution in [-0.2, 0) is 6.42 Å². The predicted octanol–water partition coefficient (Wildman–Crippen LogP) is 3.83. The Morgan fingerprint density at radius 3 is 2.58 bits per heavy atom. The second-order valence-electron chi connectivity index (χ2n) is 4.54. The van der Waals surface area contributed by atoms with Crippen LogP contribution in [0.4, 0.5) is 0 Å². The summed E-state index contributed by atoms with van der Waals surface area (Å²) in [4.78, 5) is 4.52. The molecule has 3 aromatic rings. The Hall–Kier alpha value is -2.35. The van der Waals surface area contributed by atoms with Crippen molar-refractivity contribution in [3.8, 4) is 5.75 Å². The summed E-state index contributed by atoms with van der Waals surface area (Å²) in [6.07, 6.45) is 2.83. The molecule has 0 aliphatic rings. The lowest BCUT2D eigenvalue weighted by Gasteiger charge is -2.06. The first-order valence-corrected chi connectivity index (χ1v) is 6.32. The van der Waals surface area contributed by atoms with E-state index in [1.165, 1.54) is 11.1 Å². The van der Waals surface area contributed by atoms with Crippen molar-refractivity contribution >= 4 is 10.9 Å². The van der Waals surface area contributed by atoms with Crippen LogP contribution in [0.15, 0.2) is 60.8 Å². The van der Waals surface area contributed by atoms with Gasteiger partial charge in [-0.3, -0.25) is 4.98 Å². The maximum atomic E-state index is 5.32. The third-order valence-corrected chi connectivity index (χ3v) is 3.20. The second-order valence-corrected chi connectivity index (χ2v) is 4.54. The highest BCUT2D eigenvalue weighted by molar-refractivity contribution is 5.84. The van der Waals surface area contributed by atoms with Crippen LogP contribution < -0.4 is 4.74 Å². The maximum Gasteiger partial charge on any atom is 0.145 e. The molecule has 0 saturated heterocycles. The van der Waals surface area contributed by atoms with Crippen LogP contribution >= 0.6 is 0 Å². The van der Waals surface area contributed by atoms with Crippen LogP contribution in [0.25, 0.3) is 10.9 Å². The molecule has 2 nitrogen and oxygen atoms in total. The molecule has 0 amide bonds. The quantitative estimate of drug-likeness (QED) is 0.703. The molecule has 2 heteroatoms. The lowest BCUT2D eigenvalue weighted by molar-refractivity contribution is 0.419. The minimum Gasteiger partial charge on any atom is -0.494 e. The molecule has 1 heterocycles. The van der Waals surface area contributed by atoms with Crippen molar-refractivity contribution in [1.29, 1.82) is 0 Å². The second kappa shape index (κ2) is 5.11. The molecule has 2 aromatic carbocycles. The number of rotatable bonds is 3. The highest BCUT2D eigenvalue weighted by Gasteiger charge is 2.04. The highest BCUT2D eigenvalue weighted by atomic mass is 16.5. The topological polar surface area (TPSA) is 22.1 Å². The summed E-state index contributed by atoms with van der Waals surface area (Å²) in [5.41, 5.74) is 3.43. The SMILES string of the molecule is COc1cccc2cc(Cc3ccccc3)cnc12. The van der Waals surface area contributed by atoms with Crippen molar-refractivity contribution in [3.05, 3.63) is 71.9 Å². The number of nitrogens with zero attached hydrogens (tertiary/aromatic N) is 1. The largest absolute Gasteiger partial charge is 0.494 e. The zero-order chi connectivity index (χ0) is 13.1. The van der Waals surface area contributed by atoms with E-state index in [0.717, 1.165) is 23.1 Å². The lowest BCUT2D eigenvalue weighted by Crippen LogP contribution is -1.92. The van der Waals surface area contributed by atoms with E-state index in [2.05, 4.69) is 41.4 Å². The van der Waals surface area contributed by atoms with Gasteiger partial charge in [-0.1, -0.05) is 42.5 Å². The van der Waals surface area contributed by atoms with Crippen molar-refractivity contribution < 1.29 is 4.74 Å². The molecule has 0 fully saturated rings. The molecule has 0 spiro atoms. The molecule has 0 aliphatic carbocycles. The van der Waals surface area contributed by atoms with Gasteiger partial charge in [-0.25, -0.2) is 0 Å². The predicted molar refractivity (Wildman–Crippen MR) is 77.5 cm³/mol. The van der Waals surface area contributed by atoms with Crippen molar-refractivity contribution in [2.24, 2.45) is 0 Å². The van der Waals surface area contributed by atoms with E-state index in [1.807, 2.05) is 24.4 Å². The average Bonchev–Trinajstić information content (AvgIpc) is 2.47. The summed E-state index contributed by atoms with van der Waals surface area (Å²) in [5.74, 6) is 0.823. The Morgan fingerprint density at radius 1 is 0.947 bits per heavy atom. The summed E-state index contributed by atoms with van der Waals surface area (Å²) >= 11 is 0. The van der Waals surface area contributed by atoms with Crippen molar-refractivity contribution in [2.45, 2.75) is 6.42 Å². The van der Waals surface area contributed by atoms with E-state index in [1.54, 1.807) is 7.11 Å². The number of fused-ring (bicyclic) bond motifs is 1. The Morgan fingerprint density at radius 2 is 1.79 bits per heavy atom. The van der Waals surface area contributed by atoms with Gasteiger partial charge in [0.15, 0.2) is 0 Å². The fourth-order valence-corrected chi connectivity index (χ4v) is 2.27. The summed E-state index contributed by atoms with van der Waals surface area (Å²) in [6, 6.07) is 18.6. The standard InChI is InChI=1S/C17H15NO/c1-19-16-9-5-8-15-11-14(12-18-17(15)16)10-13-6-3-2-4-7-13/h2-9,11-12H,10H2,1H3. The number of para-hydroxylation sites is 1. The fraction of sp³-hybridized carbons (Fsp3) is 0.118. The lowest BCUT2D eigenvalue weighted by atomic mass is 10.0. The van der Waals surface area contributed by atoms with Gasteiger partial charge in [-0.05, 0) is 29.7 Å². The van der Waals surface area contributed by atoms with Crippen LogP contribution in [0.3, 0.4) is 0 Å². The van der Waals surface area contributed by atoms with Gasteiger partial charge < -0.3 is 4.74 Å². The van der Waals surface area contributed by atoms with Crippen LogP contribution in [0.2, 0.25) is 0 Å². The number of aromatic nitrogens is 1. The van der Waals surface area contributed by atoms with E-state index in [-0.39, 0.29) is 0 Å². The molecule has 0 aliphatic heterocycles. The smallest absolute Gasteiger partial charge is 0.145 e. The summed E-state index contributed by atoms with van der Waals surface area (Å²) in [7, 11) is 1.67. The number of ether oxygens (including phenoxy) is 1. The molecule has 0 N–H and O–H groups in total. The van der Waals surface area contributed by atoms with E-state index >= 15 is 0 Å². The van der Waals surface area contributed by atoms with Crippen LogP contribution in [0, 0.1) is 0 Å². The first kappa shape index (κ1) is 11.7. The van der Waals surface area contributed by atoms with Crippen LogP contribution in [0.1, 0.15) is 11.1 Å². The molecule has 0 bridgehead atoms. The Balaban J connectivity index is 1.98. The van der Waals surface area contributed by atoms with Gasteiger partial charge in [0.1, 0.15) is 11.3 Å². The Bertz CT molecular complexity index is 692. The molecule has 0 saturated carbocycles. The van der Waals surface area contributed by atoms with Gasteiger partial charge in [0, 0.05) is 11.6 Å². The average molecular weight is 249 g/mol. The first-order chi connectivity index (χ1) is 9.36. The van der Waals surface area contributed by atoms with E-state index in [0.29, 0.717) is 0 Å². The molecule has 3 rings (SSSR count). The molecule has 19 heavy (non-hydrogen) atoms. The van der Waals surface area contributed by atoms with E-state index in [4.69, 9.17) is 4.74 Å². The van der Waals surface area contributed by atoms with Gasteiger partial charge in [-0.15, -0.1) is 0 Å².